The predicted octanol–water partition coefficient (Wildman–Crippen LogP) is 3.71. The molecule has 0 spiro atoms. The fraction of sp³-hybridized carbons (Fsp3) is 0.944. The molecule has 2 heteroatoms. The van der Waals surface area contributed by atoms with Crippen molar-refractivity contribution in [2.24, 2.45) is 0 Å². The minimum atomic E-state index is 0. The van der Waals surface area contributed by atoms with Crippen LogP contribution in [-0.4, -0.2) is 23.1 Å². The Kier molecular flexibility index (Phi) is 33.0. The van der Waals surface area contributed by atoms with Crippen molar-refractivity contribution in [2.75, 3.05) is 0 Å². The van der Waals surface area contributed by atoms with Crippen molar-refractivity contribution in [3.63, 3.8) is 0 Å². The zero-order valence-corrected chi connectivity index (χ0v) is 17.1. The van der Waals surface area contributed by atoms with Gasteiger partial charge in [-0.15, -0.1) is 0 Å². The Balaban J connectivity index is -0.00000144. The van der Waals surface area contributed by atoms with E-state index in [-0.39, 0.29) is 40.0 Å². The van der Waals surface area contributed by atoms with Gasteiger partial charge in [-0.1, -0.05) is 103 Å². The van der Waals surface area contributed by atoms with Gasteiger partial charge < -0.3 is 23.9 Å². The van der Waals surface area contributed by atoms with E-state index in [2.05, 4.69) is 13.8 Å². The van der Waals surface area contributed by atoms with Crippen molar-refractivity contribution in [3.8, 4) is 0 Å². The van der Waals surface area contributed by atoms with Crippen LogP contribution in [-0.2, 0) is 0 Å². The summed E-state index contributed by atoms with van der Waals surface area (Å²) in [4.78, 5) is 0. The van der Waals surface area contributed by atoms with Gasteiger partial charge in [0.25, 0.3) is 0 Å². The summed E-state index contributed by atoms with van der Waals surface area (Å²) in [6.07, 6.45) is 22.8. The van der Waals surface area contributed by atoms with Gasteiger partial charge in [0.05, 0.1) is 0 Å². The van der Waals surface area contributed by atoms with Gasteiger partial charge in [-0.3, -0.25) is 0 Å². The molecule has 0 unspecified atom stereocenters. The van der Waals surface area contributed by atoms with Crippen LogP contribution in [0.1, 0.15) is 110 Å². The van der Waals surface area contributed by atoms with E-state index in [0.717, 1.165) is 6.42 Å². The fourth-order valence-electron chi connectivity index (χ4n) is 2.55. The summed E-state index contributed by atoms with van der Waals surface area (Å²) in [6.45, 7) is 6.18. The summed E-state index contributed by atoms with van der Waals surface area (Å²) in [5.41, 5.74) is 0. The van der Waals surface area contributed by atoms with Gasteiger partial charge in [-0.05, 0) is 0 Å². The van der Waals surface area contributed by atoms with Crippen LogP contribution in [0, 0.1) is 6.92 Å². The average Bonchev–Trinajstić information content (AvgIpc) is 2.39. The molecule has 0 N–H and O–H groups in total. The molecule has 0 radical (unpaired) electrons. The molecule has 0 aromatic rings. The number of halogens is 1. The van der Waals surface area contributed by atoms with Crippen LogP contribution in [0.2, 0.25) is 0 Å². The second kappa shape index (κ2) is 25.2. The third-order valence-corrected chi connectivity index (χ3v) is 3.85. The van der Waals surface area contributed by atoms with E-state index in [9.17, 15) is 0 Å². The summed E-state index contributed by atoms with van der Waals surface area (Å²) in [5, 5.41) is 0. The van der Waals surface area contributed by atoms with E-state index in [4.69, 9.17) is 0 Å². The molecule has 0 nitrogen and oxygen atoms in total. The normalized spacial score (nSPS) is 9.90. The molecule has 0 saturated heterocycles. The molecule has 20 heavy (non-hydrogen) atoms. The molecule has 0 aliphatic rings. The molecule has 0 heterocycles. The van der Waals surface area contributed by atoms with E-state index >= 15 is 0 Å². The summed E-state index contributed by atoms with van der Waals surface area (Å²) in [5.74, 6) is 0. The molecule has 0 aliphatic carbocycles. The van der Waals surface area contributed by atoms with Gasteiger partial charge in [-0.25, -0.2) is 0 Å². The molecule has 0 fully saturated rings. The van der Waals surface area contributed by atoms with Gasteiger partial charge in [0.1, 0.15) is 0 Å². The second-order valence-electron chi connectivity index (χ2n) is 5.80. The summed E-state index contributed by atoms with van der Waals surface area (Å²) < 4.78 is 0. The molecule has 0 amide bonds. The Morgan fingerprint density at radius 2 is 0.750 bits per heavy atom. The van der Waals surface area contributed by atoms with Crippen LogP contribution in [0.3, 0.4) is 0 Å². The molecule has 0 saturated carbocycles. The van der Waals surface area contributed by atoms with Crippen molar-refractivity contribution >= 4 is 23.1 Å². The zero-order valence-electron chi connectivity index (χ0n) is 14.1. The first-order valence-electron chi connectivity index (χ1n) is 8.71. The summed E-state index contributed by atoms with van der Waals surface area (Å²) >= 11 is 0. The number of hydrogen-bond donors (Lipinski definition) is 0. The Hall–Kier alpha value is 1.25. The molecule has 0 aliphatic heterocycles. The van der Waals surface area contributed by atoms with Gasteiger partial charge in [-0.2, -0.15) is 6.42 Å². The number of unbranched alkanes of at least 4 members (excludes halogenated alkanes) is 15. The zero-order chi connectivity index (χ0) is 13.3. The Morgan fingerprint density at radius 1 is 0.500 bits per heavy atom. The van der Waals surface area contributed by atoms with E-state index in [0.29, 0.717) is 0 Å². The fourth-order valence-corrected chi connectivity index (χ4v) is 2.55. The van der Waals surface area contributed by atoms with Gasteiger partial charge >= 0.3 is 23.1 Å². The molecular formula is C18H37BrMg. The van der Waals surface area contributed by atoms with Crippen molar-refractivity contribution < 1.29 is 17.0 Å². The Morgan fingerprint density at radius 3 is 1.00 bits per heavy atom. The SMILES string of the molecule is [Br-].[CH2-]CCCCCCCCCCCCCCCCC.[Mg+2]. The van der Waals surface area contributed by atoms with Crippen LogP contribution in [0.4, 0.5) is 0 Å². The molecule has 0 aromatic carbocycles. The maximum atomic E-state index is 3.88. The van der Waals surface area contributed by atoms with E-state index in [1.54, 1.807) is 0 Å². The first kappa shape index (κ1) is 26.2. The minimum absolute atomic E-state index is 0. The first-order valence-corrected chi connectivity index (χ1v) is 8.71. The largest absolute Gasteiger partial charge is 2.00 e. The Labute approximate surface area is 156 Å². The molecule has 0 aromatic heterocycles. The average molecular weight is 358 g/mol. The van der Waals surface area contributed by atoms with Crippen LogP contribution in [0.15, 0.2) is 0 Å². The summed E-state index contributed by atoms with van der Waals surface area (Å²) in [7, 11) is 0. The maximum absolute atomic E-state index is 3.88. The third kappa shape index (κ3) is 24.3. The monoisotopic (exact) mass is 356 g/mol. The van der Waals surface area contributed by atoms with Crippen molar-refractivity contribution in [2.45, 2.75) is 110 Å². The van der Waals surface area contributed by atoms with Crippen LogP contribution < -0.4 is 17.0 Å². The quantitative estimate of drug-likeness (QED) is 0.238. The minimum Gasteiger partial charge on any atom is -1.00 e. The standard InChI is InChI=1S/C18H37.BrH.Mg/c1-3-5-7-9-11-13-15-17-18-16-14-12-10-8-6-4-2;;/h1,3-18H2,2H3;1H;/q-1;;+2/p-1. The summed E-state index contributed by atoms with van der Waals surface area (Å²) in [6, 6.07) is 0. The number of rotatable bonds is 15. The predicted molar refractivity (Wildman–Crippen MR) is 90.7 cm³/mol. The van der Waals surface area contributed by atoms with E-state index in [1.165, 1.54) is 96.3 Å². The van der Waals surface area contributed by atoms with E-state index in [1.807, 2.05) is 0 Å². The smallest absolute Gasteiger partial charge is 1.00 e. The van der Waals surface area contributed by atoms with E-state index < -0.39 is 0 Å². The molecule has 0 rings (SSSR count). The molecule has 0 atom stereocenters. The van der Waals surface area contributed by atoms with Crippen LogP contribution >= 0.6 is 0 Å². The van der Waals surface area contributed by atoms with Crippen LogP contribution in [0.25, 0.3) is 0 Å². The van der Waals surface area contributed by atoms with Gasteiger partial charge in [0, 0.05) is 0 Å². The molecular weight excluding hydrogens is 320 g/mol. The van der Waals surface area contributed by atoms with Crippen molar-refractivity contribution in [1.82, 2.24) is 0 Å². The second-order valence-corrected chi connectivity index (χ2v) is 5.80. The maximum Gasteiger partial charge on any atom is 2.00 e. The molecule has 118 valence electrons. The van der Waals surface area contributed by atoms with Gasteiger partial charge in [0.15, 0.2) is 0 Å². The topological polar surface area (TPSA) is 0 Å². The molecule has 0 bridgehead atoms. The van der Waals surface area contributed by atoms with Gasteiger partial charge in [0.2, 0.25) is 0 Å². The first-order chi connectivity index (χ1) is 8.91. The van der Waals surface area contributed by atoms with Crippen molar-refractivity contribution in [3.05, 3.63) is 6.92 Å². The third-order valence-electron chi connectivity index (χ3n) is 3.85. The Bertz CT molecular complexity index is 123. The van der Waals surface area contributed by atoms with Crippen LogP contribution in [0.5, 0.6) is 0 Å². The number of hydrogen-bond acceptors (Lipinski definition) is 0. The van der Waals surface area contributed by atoms with Crippen molar-refractivity contribution in [1.29, 1.82) is 0 Å².